The smallest absolute Gasteiger partial charge is 0.238 e. The van der Waals surface area contributed by atoms with Crippen LogP contribution in [0.1, 0.15) is 37.5 Å². The van der Waals surface area contributed by atoms with E-state index in [1.165, 1.54) is 12.1 Å². The lowest BCUT2D eigenvalue weighted by atomic mass is 10.1. The molecule has 0 bridgehead atoms. The predicted molar refractivity (Wildman–Crippen MR) is 132 cm³/mol. The number of hydrogen-bond acceptors (Lipinski definition) is 4. The summed E-state index contributed by atoms with van der Waals surface area (Å²) in [6.45, 7) is 9.59. The predicted octanol–water partition coefficient (Wildman–Crippen LogP) is 3.30. The van der Waals surface area contributed by atoms with Crippen LogP contribution < -0.4 is 20.5 Å². The minimum atomic E-state index is -3.73. The molecule has 0 aromatic heterocycles. The lowest BCUT2D eigenvalue weighted by Crippen LogP contribution is -2.36. The largest absolute Gasteiger partial charge is 0.491 e. The summed E-state index contributed by atoms with van der Waals surface area (Å²) in [5.41, 5.74) is 2.93. The molecule has 4 N–H and O–H groups in total. The zero-order chi connectivity index (χ0) is 21.4. The van der Waals surface area contributed by atoms with Crippen molar-refractivity contribution in [3.8, 4) is 5.75 Å². The summed E-state index contributed by atoms with van der Waals surface area (Å²) in [7, 11) is -3.73. The van der Waals surface area contributed by atoms with Gasteiger partial charge in [-0.1, -0.05) is 24.3 Å². The van der Waals surface area contributed by atoms with Gasteiger partial charge in [-0.2, -0.15) is 0 Å². The normalized spacial score (nSPS) is 11.7. The average Bonchev–Trinajstić information content (AvgIpc) is 2.64. The van der Waals surface area contributed by atoms with E-state index in [0.717, 1.165) is 22.4 Å². The average molecular weight is 546 g/mol. The molecule has 30 heavy (non-hydrogen) atoms. The third-order valence-corrected chi connectivity index (χ3v) is 4.93. The molecule has 0 spiro atoms. The Morgan fingerprint density at radius 2 is 1.90 bits per heavy atom. The van der Waals surface area contributed by atoms with E-state index in [1.807, 2.05) is 52.0 Å². The van der Waals surface area contributed by atoms with Crippen molar-refractivity contribution < 1.29 is 13.2 Å². The molecule has 0 aliphatic rings. The third-order valence-electron chi connectivity index (χ3n) is 4.02. The molecule has 2 aromatic carbocycles. The van der Waals surface area contributed by atoms with Gasteiger partial charge in [0.1, 0.15) is 5.75 Å². The second-order valence-electron chi connectivity index (χ2n) is 7.02. The minimum absolute atomic E-state index is 0. The van der Waals surface area contributed by atoms with Gasteiger partial charge in [-0.25, -0.2) is 18.5 Å². The third kappa shape index (κ3) is 8.49. The van der Waals surface area contributed by atoms with Gasteiger partial charge < -0.3 is 15.4 Å². The van der Waals surface area contributed by atoms with Crippen LogP contribution in [-0.2, 0) is 23.1 Å². The Hall–Kier alpha value is -1.85. The van der Waals surface area contributed by atoms with Gasteiger partial charge in [-0.3, -0.25) is 0 Å². The topological polar surface area (TPSA) is 106 Å². The fourth-order valence-electron chi connectivity index (χ4n) is 2.68. The van der Waals surface area contributed by atoms with Gasteiger partial charge in [0.05, 0.1) is 17.5 Å². The van der Waals surface area contributed by atoms with E-state index in [4.69, 9.17) is 9.88 Å². The first-order valence-corrected chi connectivity index (χ1v) is 11.1. The van der Waals surface area contributed by atoms with Crippen LogP contribution >= 0.6 is 24.0 Å². The number of ether oxygens (including phenoxy) is 1. The van der Waals surface area contributed by atoms with E-state index in [1.54, 1.807) is 6.07 Å². The van der Waals surface area contributed by atoms with Gasteiger partial charge in [-0.15, -0.1) is 24.0 Å². The van der Waals surface area contributed by atoms with Gasteiger partial charge >= 0.3 is 0 Å². The van der Waals surface area contributed by atoms with E-state index in [9.17, 15) is 8.42 Å². The van der Waals surface area contributed by atoms with Crippen molar-refractivity contribution in [2.45, 2.75) is 51.8 Å². The van der Waals surface area contributed by atoms with E-state index >= 15 is 0 Å². The number of sulfonamides is 1. The van der Waals surface area contributed by atoms with Crippen molar-refractivity contribution in [3.63, 3.8) is 0 Å². The molecule has 0 aliphatic heterocycles. The molecular formula is C21H31IN4O3S. The molecule has 2 rings (SSSR count). The van der Waals surface area contributed by atoms with Crippen LogP contribution in [-0.4, -0.2) is 27.0 Å². The number of aryl methyl sites for hydroxylation is 1. The molecule has 0 radical (unpaired) electrons. The second-order valence-corrected chi connectivity index (χ2v) is 8.58. The van der Waals surface area contributed by atoms with E-state index in [-0.39, 0.29) is 35.0 Å². The number of primary sulfonamides is 1. The molecule has 7 nitrogen and oxygen atoms in total. The number of guanidine groups is 1. The highest BCUT2D eigenvalue weighted by Crippen LogP contribution is 2.21. The molecule has 0 heterocycles. The first-order chi connectivity index (χ1) is 13.7. The standard InChI is InChI=1S/C21H30N4O3S.HI/c1-5-23-21(24-13-17-7-6-8-19(12-17)29(22,26)27)25-14-18-10-9-16(4)11-20(18)28-15(2)3;/h6-12,15H,5,13-14H2,1-4H3,(H2,22,26,27)(H2,23,24,25);1H. The van der Waals surface area contributed by atoms with Crippen molar-refractivity contribution in [2.24, 2.45) is 10.1 Å². The maximum absolute atomic E-state index is 11.5. The highest BCUT2D eigenvalue weighted by atomic mass is 127. The summed E-state index contributed by atoms with van der Waals surface area (Å²) in [6, 6.07) is 12.6. The van der Waals surface area contributed by atoms with Crippen LogP contribution in [0.2, 0.25) is 0 Å². The summed E-state index contributed by atoms with van der Waals surface area (Å²) in [5.74, 6) is 1.48. The van der Waals surface area contributed by atoms with Gasteiger partial charge in [0, 0.05) is 18.7 Å². The molecule has 0 saturated heterocycles. The van der Waals surface area contributed by atoms with Crippen LogP contribution in [0, 0.1) is 6.92 Å². The van der Waals surface area contributed by atoms with E-state index < -0.39 is 10.0 Å². The number of benzene rings is 2. The molecule has 0 atom stereocenters. The zero-order valence-electron chi connectivity index (χ0n) is 17.8. The van der Waals surface area contributed by atoms with Gasteiger partial charge in [0.2, 0.25) is 10.0 Å². The first kappa shape index (κ1) is 26.2. The van der Waals surface area contributed by atoms with Crippen LogP contribution in [0.3, 0.4) is 0 Å². The Morgan fingerprint density at radius 1 is 1.17 bits per heavy atom. The van der Waals surface area contributed by atoms with Crippen molar-refractivity contribution in [1.82, 2.24) is 10.6 Å². The number of nitrogens with zero attached hydrogens (tertiary/aromatic N) is 1. The van der Waals surface area contributed by atoms with Crippen molar-refractivity contribution in [2.75, 3.05) is 6.54 Å². The fraction of sp³-hybridized carbons (Fsp3) is 0.381. The Kier molecular flexibility index (Phi) is 10.6. The number of rotatable bonds is 8. The number of nitrogens with one attached hydrogen (secondary N) is 2. The Labute approximate surface area is 196 Å². The van der Waals surface area contributed by atoms with Gasteiger partial charge in [-0.05, 0) is 57.0 Å². The molecule has 0 saturated carbocycles. The lowest BCUT2D eigenvalue weighted by molar-refractivity contribution is 0.239. The zero-order valence-corrected chi connectivity index (χ0v) is 21.0. The number of halogens is 1. The Morgan fingerprint density at radius 3 is 2.53 bits per heavy atom. The minimum Gasteiger partial charge on any atom is -0.491 e. The summed E-state index contributed by atoms with van der Waals surface area (Å²) >= 11 is 0. The highest BCUT2D eigenvalue weighted by molar-refractivity contribution is 14.0. The number of nitrogens with two attached hydrogens (primary N) is 1. The highest BCUT2D eigenvalue weighted by Gasteiger charge is 2.09. The molecule has 2 aromatic rings. The van der Waals surface area contributed by atoms with E-state index in [2.05, 4.69) is 15.6 Å². The maximum atomic E-state index is 11.5. The molecule has 0 aliphatic carbocycles. The van der Waals surface area contributed by atoms with Crippen LogP contribution in [0.4, 0.5) is 0 Å². The summed E-state index contributed by atoms with van der Waals surface area (Å²) < 4.78 is 29.0. The van der Waals surface area contributed by atoms with Crippen molar-refractivity contribution >= 4 is 40.0 Å². The summed E-state index contributed by atoms with van der Waals surface area (Å²) in [6.07, 6.45) is 0.0866. The summed E-state index contributed by atoms with van der Waals surface area (Å²) in [5, 5.41) is 11.7. The number of aliphatic imine (C=N–C) groups is 1. The van der Waals surface area contributed by atoms with Crippen LogP contribution in [0.25, 0.3) is 0 Å². The molecular weight excluding hydrogens is 515 g/mol. The quantitative estimate of drug-likeness (QED) is 0.268. The van der Waals surface area contributed by atoms with Crippen molar-refractivity contribution in [3.05, 3.63) is 59.2 Å². The van der Waals surface area contributed by atoms with Crippen molar-refractivity contribution in [1.29, 1.82) is 0 Å². The maximum Gasteiger partial charge on any atom is 0.238 e. The molecule has 166 valence electrons. The molecule has 0 fully saturated rings. The van der Waals surface area contributed by atoms with Gasteiger partial charge in [0.15, 0.2) is 5.96 Å². The first-order valence-electron chi connectivity index (χ1n) is 9.59. The Balaban J connectivity index is 0.00000450. The fourth-order valence-corrected chi connectivity index (χ4v) is 3.27. The second kappa shape index (κ2) is 12.1. The molecule has 0 amide bonds. The van der Waals surface area contributed by atoms with E-state index in [0.29, 0.717) is 25.6 Å². The van der Waals surface area contributed by atoms with Crippen LogP contribution in [0.15, 0.2) is 52.4 Å². The Bertz CT molecular complexity index is 962. The SMILES string of the molecule is CCNC(=NCc1cccc(S(N)(=O)=O)c1)NCc1ccc(C)cc1OC(C)C.I. The van der Waals surface area contributed by atoms with Gasteiger partial charge in [0.25, 0.3) is 0 Å². The molecule has 9 heteroatoms. The monoisotopic (exact) mass is 546 g/mol. The number of hydrogen-bond donors (Lipinski definition) is 3. The van der Waals surface area contributed by atoms with Crippen LogP contribution in [0.5, 0.6) is 5.75 Å². The lowest BCUT2D eigenvalue weighted by Gasteiger charge is -2.17. The molecule has 0 unspecified atom stereocenters. The summed E-state index contributed by atoms with van der Waals surface area (Å²) in [4.78, 5) is 4.63.